The summed E-state index contributed by atoms with van der Waals surface area (Å²) in [6.07, 6.45) is 2.02. The van der Waals surface area contributed by atoms with Crippen molar-refractivity contribution in [2.24, 2.45) is 0 Å². The van der Waals surface area contributed by atoms with Gasteiger partial charge in [-0.3, -0.25) is 0 Å². The lowest BCUT2D eigenvalue weighted by Gasteiger charge is -2.03. The van der Waals surface area contributed by atoms with E-state index < -0.39 is 0 Å². The van der Waals surface area contributed by atoms with Crippen LogP contribution < -0.4 is 5.32 Å². The van der Waals surface area contributed by atoms with E-state index in [4.69, 9.17) is 16.0 Å². The van der Waals surface area contributed by atoms with Gasteiger partial charge in [-0.05, 0) is 43.6 Å². The van der Waals surface area contributed by atoms with Crippen LogP contribution in [0.5, 0.6) is 0 Å². The van der Waals surface area contributed by atoms with Gasteiger partial charge < -0.3 is 9.73 Å². The highest BCUT2D eigenvalue weighted by molar-refractivity contribution is 6.17. The first-order chi connectivity index (χ1) is 8.29. The van der Waals surface area contributed by atoms with E-state index in [0.717, 1.165) is 48.8 Å². The van der Waals surface area contributed by atoms with Crippen LogP contribution in [0.15, 0.2) is 22.6 Å². The predicted molar refractivity (Wildman–Crippen MR) is 70.7 cm³/mol. The first kappa shape index (κ1) is 12.4. The van der Waals surface area contributed by atoms with E-state index in [1.165, 1.54) is 5.56 Å². The molecule has 0 amide bonds. The van der Waals surface area contributed by atoms with Gasteiger partial charge in [0.05, 0.1) is 0 Å². The molecule has 0 bridgehead atoms. The van der Waals surface area contributed by atoms with Crippen LogP contribution >= 0.6 is 11.6 Å². The number of nitrogens with one attached hydrogen (secondary N) is 1. The molecule has 0 radical (unpaired) electrons. The molecule has 1 aromatic carbocycles. The van der Waals surface area contributed by atoms with Crippen molar-refractivity contribution in [1.29, 1.82) is 0 Å². The maximum absolute atomic E-state index is 5.61. The SMILES string of the molecule is Cc1nc2cc(CCNCCCCl)ccc2o1. The monoisotopic (exact) mass is 252 g/mol. The minimum atomic E-state index is 0.719. The third-order valence-corrected chi connectivity index (χ3v) is 2.90. The molecule has 1 N–H and O–H groups in total. The third-order valence-electron chi connectivity index (χ3n) is 2.64. The molecule has 0 aliphatic rings. The zero-order chi connectivity index (χ0) is 12.1. The molecule has 0 saturated heterocycles. The Kier molecular flexibility index (Phi) is 4.40. The van der Waals surface area contributed by atoms with Crippen LogP contribution in [0.25, 0.3) is 11.1 Å². The van der Waals surface area contributed by atoms with Crippen LogP contribution in [0.3, 0.4) is 0 Å². The van der Waals surface area contributed by atoms with Crippen molar-refractivity contribution in [2.75, 3.05) is 19.0 Å². The van der Waals surface area contributed by atoms with E-state index in [1.807, 2.05) is 13.0 Å². The zero-order valence-electron chi connectivity index (χ0n) is 10.0. The maximum Gasteiger partial charge on any atom is 0.192 e. The van der Waals surface area contributed by atoms with Crippen molar-refractivity contribution in [3.05, 3.63) is 29.7 Å². The number of nitrogens with zero attached hydrogens (tertiary/aromatic N) is 1. The summed E-state index contributed by atoms with van der Waals surface area (Å²) in [7, 11) is 0. The molecule has 0 spiro atoms. The molecule has 2 aromatic rings. The summed E-state index contributed by atoms with van der Waals surface area (Å²) in [5, 5.41) is 3.36. The Morgan fingerprint density at radius 2 is 2.24 bits per heavy atom. The molecule has 1 aromatic heterocycles. The molecule has 1 heterocycles. The number of hydrogen-bond donors (Lipinski definition) is 1. The number of aromatic nitrogens is 1. The first-order valence-electron chi connectivity index (χ1n) is 5.92. The highest BCUT2D eigenvalue weighted by atomic mass is 35.5. The smallest absolute Gasteiger partial charge is 0.192 e. The second kappa shape index (κ2) is 6.03. The van der Waals surface area contributed by atoms with Gasteiger partial charge in [0.15, 0.2) is 11.5 Å². The highest BCUT2D eigenvalue weighted by Crippen LogP contribution is 2.16. The van der Waals surface area contributed by atoms with Crippen LogP contribution in [0.2, 0.25) is 0 Å². The second-order valence-corrected chi connectivity index (χ2v) is 4.46. The van der Waals surface area contributed by atoms with Gasteiger partial charge in [0.2, 0.25) is 0 Å². The summed E-state index contributed by atoms with van der Waals surface area (Å²) in [6, 6.07) is 6.18. The Hall–Kier alpha value is -1.06. The molecule has 2 rings (SSSR count). The van der Waals surface area contributed by atoms with E-state index in [1.54, 1.807) is 0 Å². The number of benzene rings is 1. The van der Waals surface area contributed by atoms with E-state index in [9.17, 15) is 0 Å². The van der Waals surface area contributed by atoms with Crippen molar-refractivity contribution in [1.82, 2.24) is 10.3 Å². The Morgan fingerprint density at radius 3 is 3.06 bits per heavy atom. The lowest BCUT2D eigenvalue weighted by Crippen LogP contribution is -2.18. The van der Waals surface area contributed by atoms with Crippen LogP contribution in [-0.4, -0.2) is 24.0 Å². The van der Waals surface area contributed by atoms with Crippen LogP contribution in [-0.2, 0) is 6.42 Å². The molecule has 0 saturated carbocycles. The number of rotatable bonds is 6. The van der Waals surface area contributed by atoms with Gasteiger partial charge in [-0.1, -0.05) is 6.07 Å². The number of fused-ring (bicyclic) bond motifs is 1. The fourth-order valence-electron chi connectivity index (χ4n) is 1.79. The van der Waals surface area contributed by atoms with Gasteiger partial charge in [-0.15, -0.1) is 11.6 Å². The molecule has 4 heteroatoms. The molecule has 0 atom stereocenters. The van der Waals surface area contributed by atoms with Crippen molar-refractivity contribution in [2.45, 2.75) is 19.8 Å². The number of alkyl halides is 1. The Balaban J connectivity index is 1.90. The Bertz CT molecular complexity index is 481. The molecule has 3 nitrogen and oxygen atoms in total. The van der Waals surface area contributed by atoms with E-state index in [-0.39, 0.29) is 0 Å². The number of oxazole rings is 1. The first-order valence-corrected chi connectivity index (χ1v) is 6.46. The minimum absolute atomic E-state index is 0.719. The fraction of sp³-hybridized carbons (Fsp3) is 0.462. The van der Waals surface area contributed by atoms with E-state index in [2.05, 4.69) is 22.4 Å². The molecule has 0 unspecified atom stereocenters. The van der Waals surface area contributed by atoms with Crippen molar-refractivity contribution in [3.63, 3.8) is 0 Å². The second-order valence-electron chi connectivity index (χ2n) is 4.08. The summed E-state index contributed by atoms with van der Waals surface area (Å²) in [5.74, 6) is 1.44. The van der Waals surface area contributed by atoms with Gasteiger partial charge in [0.1, 0.15) is 5.52 Å². The van der Waals surface area contributed by atoms with Gasteiger partial charge >= 0.3 is 0 Å². The average molecular weight is 253 g/mol. The standard InChI is InChI=1S/C13H17ClN2O/c1-10-16-12-9-11(3-4-13(12)17-10)5-8-15-7-2-6-14/h3-4,9,15H,2,5-8H2,1H3. The average Bonchev–Trinajstić information content (AvgIpc) is 2.68. The number of aryl methyl sites for hydroxylation is 1. The fourth-order valence-corrected chi connectivity index (χ4v) is 1.93. The predicted octanol–water partition coefficient (Wildman–Crippen LogP) is 2.90. The lowest BCUT2D eigenvalue weighted by atomic mass is 10.1. The quantitative estimate of drug-likeness (QED) is 0.635. The molecule has 0 aliphatic heterocycles. The van der Waals surface area contributed by atoms with Gasteiger partial charge in [-0.25, -0.2) is 4.98 Å². The molecule has 17 heavy (non-hydrogen) atoms. The molecular weight excluding hydrogens is 236 g/mol. The van der Waals surface area contributed by atoms with Crippen molar-refractivity contribution >= 4 is 22.7 Å². The molecule has 92 valence electrons. The molecule has 0 fully saturated rings. The summed E-state index contributed by atoms with van der Waals surface area (Å²) in [6.45, 7) is 3.82. The summed E-state index contributed by atoms with van der Waals surface area (Å²) in [5.41, 5.74) is 3.09. The summed E-state index contributed by atoms with van der Waals surface area (Å²) >= 11 is 5.61. The van der Waals surface area contributed by atoms with E-state index in [0.29, 0.717) is 0 Å². The van der Waals surface area contributed by atoms with Gasteiger partial charge in [0, 0.05) is 12.8 Å². The van der Waals surface area contributed by atoms with Crippen LogP contribution in [0, 0.1) is 6.92 Å². The number of hydrogen-bond acceptors (Lipinski definition) is 3. The lowest BCUT2D eigenvalue weighted by molar-refractivity contribution is 0.561. The van der Waals surface area contributed by atoms with E-state index >= 15 is 0 Å². The van der Waals surface area contributed by atoms with Gasteiger partial charge in [-0.2, -0.15) is 0 Å². The Morgan fingerprint density at radius 1 is 1.35 bits per heavy atom. The normalized spacial score (nSPS) is 11.2. The maximum atomic E-state index is 5.61. The Labute approximate surface area is 106 Å². The topological polar surface area (TPSA) is 38.1 Å². The van der Waals surface area contributed by atoms with Crippen LogP contribution in [0.4, 0.5) is 0 Å². The summed E-state index contributed by atoms with van der Waals surface area (Å²) < 4.78 is 5.44. The molecular formula is C13H17ClN2O. The largest absolute Gasteiger partial charge is 0.441 e. The highest BCUT2D eigenvalue weighted by Gasteiger charge is 2.02. The third kappa shape index (κ3) is 3.45. The zero-order valence-corrected chi connectivity index (χ0v) is 10.8. The number of halogens is 1. The van der Waals surface area contributed by atoms with Crippen molar-refractivity contribution in [3.8, 4) is 0 Å². The van der Waals surface area contributed by atoms with Crippen LogP contribution in [0.1, 0.15) is 17.9 Å². The minimum Gasteiger partial charge on any atom is -0.441 e. The van der Waals surface area contributed by atoms with Gasteiger partial charge in [0.25, 0.3) is 0 Å². The molecule has 0 aliphatic carbocycles. The van der Waals surface area contributed by atoms with Crippen molar-refractivity contribution < 1.29 is 4.42 Å². The summed E-state index contributed by atoms with van der Waals surface area (Å²) in [4.78, 5) is 4.33.